The fourth-order valence-electron chi connectivity index (χ4n) is 3.09. The summed E-state index contributed by atoms with van der Waals surface area (Å²) < 4.78 is 0. The Bertz CT molecular complexity index is 751. The molecule has 0 unspecified atom stereocenters. The van der Waals surface area contributed by atoms with E-state index in [0.717, 1.165) is 35.8 Å². The van der Waals surface area contributed by atoms with Crippen LogP contribution in [0.5, 0.6) is 0 Å². The highest BCUT2D eigenvalue weighted by molar-refractivity contribution is 7.16. The van der Waals surface area contributed by atoms with Gasteiger partial charge in [-0.25, -0.2) is 0 Å². The summed E-state index contributed by atoms with van der Waals surface area (Å²) in [4.78, 5) is 15.9. The van der Waals surface area contributed by atoms with Gasteiger partial charge in [0.2, 0.25) is 5.91 Å². The molecule has 0 spiro atoms. The summed E-state index contributed by atoms with van der Waals surface area (Å²) in [7, 11) is 0. The molecule has 0 radical (unpaired) electrons. The molecule has 5 heteroatoms. The van der Waals surface area contributed by atoms with Gasteiger partial charge in [0.1, 0.15) is 0 Å². The lowest BCUT2D eigenvalue weighted by molar-refractivity contribution is -0.115. The topological polar surface area (TPSA) is 58.4 Å². The minimum atomic E-state index is 0.0321. The molecule has 1 aliphatic rings. The van der Waals surface area contributed by atoms with Crippen molar-refractivity contribution < 1.29 is 4.79 Å². The van der Waals surface area contributed by atoms with Crippen molar-refractivity contribution in [3.8, 4) is 0 Å². The molecule has 3 rings (SSSR count). The van der Waals surface area contributed by atoms with E-state index in [9.17, 15) is 4.79 Å². The number of nitrogens with one attached hydrogen (secondary N) is 1. The number of rotatable bonds is 3. The number of amides is 1. The summed E-state index contributed by atoms with van der Waals surface area (Å²) in [5, 5.41) is 4.04. The zero-order chi connectivity index (χ0) is 16.6. The van der Waals surface area contributed by atoms with Gasteiger partial charge in [-0.1, -0.05) is 6.07 Å². The van der Waals surface area contributed by atoms with Gasteiger partial charge >= 0.3 is 0 Å². The highest BCUT2D eigenvalue weighted by Gasteiger charge is 2.21. The minimum Gasteiger partial charge on any atom is -0.398 e. The molecular formula is C18H23N3OS. The Balaban J connectivity index is 1.74. The number of thiophene rings is 1. The Labute approximate surface area is 141 Å². The Morgan fingerprint density at radius 1 is 1.30 bits per heavy atom. The summed E-state index contributed by atoms with van der Waals surface area (Å²) >= 11 is 1.65. The molecule has 0 atom stereocenters. The standard InChI is InChI=1S/C18H23N3OS/c1-11-12(2)18(23-13(11)3)20-17(22)10-21-9-5-6-14-15(19)7-4-8-16(14)21/h4,7-8H,5-6,9-10,19H2,1-3H3,(H,20,22). The second kappa shape index (κ2) is 6.24. The van der Waals surface area contributed by atoms with Crippen LogP contribution in [0.15, 0.2) is 18.2 Å². The maximum atomic E-state index is 12.5. The SMILES string of the molecule is Cc1sc(NC(=O)CN2CCCc3c(N)cccc32)c(C)c1C. The van der Waals surface area contributed by atoms with E-state index in [2.05, 4.69) is 37.1 Å². The molecule has 2 aromatic rings. The van der Waals surface area contributed by atoms with E-state index in [-0.39, 0.29) is 5.91 Å². The van der Waals surface area contributed by atoms with E-state index in [1.165, 1.54) is 21.6 Å². The third-order valence-corrected chi connectivity index (χ3v) is 5.88. The van der Waals surface area contributed by atoms with E-state index in [1.807, 2.05) is 12.1 Å². The van der Waals surface area contributed by atoms with Gasteiger partial charge in [0, 0.05) is 22.8 Å². The largest absolute Gasteiger partial charge is 0.398 e. The van der Waals surface area contributed by atoms with Crippen molar-refractivity contribution >= 4 is 33.6 Å². The van der Waals surface area contributed by atoms with Crippen LogP contribution >= 0.6 is 11.3 Å². The van der Waals surface area contributed by atoms with E-state index in [4.69, 9.17) is 5.73 Å². The highest BCUT2D eigenvalue weighted by atomic mass is 32.1. The molecule has 0 saturated heterocycles. The zero-order valence-electron chi connectivity index (χ0n) is 13.9. The fraction of sp³-hybridized carbons (Fsp3) is 0.389. The number of hydrogen-bond donors (Lipinski definition) is 2. The first-order chi connectivity index (χ1) is 11.0. The van der Waals surface area contributed by atoms with Gasteiger partial charge in [-0.15, -0.1) is 11.3 Å². The molecule has 1 aromatic carbocycles. The maximum absolute atomic E-state index is 12.5. The van der Waals surface area contributed by atoms with Crippen molar-refractivity contribution in [2.75, 3.05) is 29.0 Å². The molecule has 1 aliphatic heterocycles. The number of nitrogens with two attached hydrogens (primary N) is 1. The van der Waals surface area contributed by atoms with Crippen molar-refractivity contribution in [1.29, 1.82) is 0 Å². The lowest BCUT2D eigenvalue weighted by atomic mass is 10.00. The monoisotopic (exact) mass is 329 g/mol. The van der Waals surface area contributed by atoms with Crippen LogP contribution in [0.1, 0.15) is 28.0 Å². The first kappa shape index (κ1) is 15.9. The molecule has 122 valence electrons. The van der Waals surface area contributed by atoms with Crippen LogP contribution in [-0.4, -0.2) is 19.0 Å². The molecule has 0 bridgehead atoms. The van der Waals surface area contributed by atoms with Crippen LogP contribution in [-0.2, 0) is 11.2 Å². The van der Waals surface area contributed by atoms with E-state index < -0.39 is 0 Å². The van der Waals surface area contributed by atoms with Crippen LogP contribution in [0.3, 0.4) is 0 Å². The van der Waals surface area contributed by atoms with E-state index >= 15 is 0 Å². The minimum absolute atomic E-state index is 0.0321. The number of carbonyl (C=O) groups is 1. The quantitative estimate of drug-likeness (QED) is 0.845. The lowest BCUT2D eigenvalue weighted by Gasteiger charge is -2.31. The Morgan fingerprint density at radius 2 is 2.09 bits per heavy atom. The number of benzene rings is 1. The van der Waals surface area contributed by atoms with Gasteiger partial charge < -0.3 is 16.0 Å². The van der Waals surface area contributed by atoms with Gasteiger partial charge in [-0.05, 0) is 62.4 Å². The predicted octanol–water partition coefficient (Wildman–Crippen LogP) is 3.65. The maximum Gasteiger partial charge on any atom is 0.244 e. The molecule has 3 N–H and O–H groups in total. The van der Waals surface area contributed by atoms with Crippen LogP contribution in [0.4, 0.5) is 16.4 Å². The van der Waals surface area contributed by atoms with Crippen molar-refractivity contribution in [3.63, 3.8) is 0 Å². The first-order valence-electron chi connectivity index (χ1n) is 7.96. The molecule has 4 nitrogen and oxygen atoms in total. The number of aryl methyl sites for hydroxylation is 1. The summed E-state index contributed by atoms with van der Waals surface area (Å²) in [6.07, 6.45) is 2.02. The predicted molar refractivity (Wildman–Crippen MR) is 98.5 cm³/mol. The normalized spacial score (nSPS) is 13.8. The first-order valence-corrected chi connectivity index (χ1v) is 8.77. The number of carbonyl (C=O) groups excluding carboxylic acids is 1. The summed E-state index contributed by atoms with van der Waals surface area (Å²) in [6.45, 7) is 7.51. The zero-order valence-corrected chi connectivity index (χ0v) is 14.7. The van der Waals surface area contributed by atoms with Crippen molar-refractivity contribution in [3.05, 3.63) is 39.8 Å². The average Bonchev–Trinajstić information content (AvgIpc) is 2.75. The van der Waals surface area contributed by atoms with Crippen LogP contribution in [0, 0.1) is 20.8 Å². The Hall–Kier alpha value is -2.01. The third kappa shape index (κ3) is 3.06. The van der Waals surface area contributed by atoms with Crippen molar-refractivity contribution in [2.24, 2.45) is 0 Å². The van der Waals surface area contributed by atoms with E-state index in [1.54, 1.807) is 11.3 Å². The molecule has 2 heterocycles. The molecule has 1 aromatic heterocycles. The number of anilines is 3. The second-order valence-corrected chi connectivity index (χ2v) is 7.38. The van der Waals surface area contributed by atoms with Gasteiger partial charge in [-0.2, -0.15) is 0 Å². The summed E-state index contributed by atoms with van der Waals surface area (Å²) in [5.74, 6) is 0.0321. The van der Waals surface area contributed by atoms with Gasteiger partial charge in [0.05, 0.1) is 11.5 Å². The van der Waals surface area contributed by atoms with Crippen LogP contribution in [0.2, 0.25) is 0 Å². The molecule has 0 aliphatic carbocycles. The van der Waals surface area contributed by atoms with Crippen molar-refractivity contribution in [1.82, 2.24) is 0 Å². The van der Waals surface area contributed by atoms with Gasteiger partial charge in [0.25, 0.3) is 0 Å². The number of nitrogen functional groups attached to an aromatic ring is 1. The highest BCUT2D eigenvalue weighted by Crippen LogP contribution is 2.33. The fourth-order valence-corrected chi connectivity index (χ4v) is 4.17. The average molecular weight is 329 g/mol. The number of fused-ring (bicyclic) bond motifs is 1. The molecule has 0 fully saturated rings. The third-order valence-electron chi connectivity index (χ3n) is 4.66. The molecular weight excluding hydrogens is 306 g/mol. The van der Waals surface area contributed by atoms with Gasteiger partial charge in [-0.3, -0.25) is 4.79 Å². The molecule has 23 heavy (non-hydrogen) atoms. The molecule has 0 saturated carbocycles. The number of hydrogen-bond acceptors (Lipinski definition) is 4. The van der Waals surface area contributed by atoms with Crippen molar-refractivity contribution in [2.45, 2.75) is 33.6 Å². The van der Waals surface area contributed by atoms with Gasteiger partial charge in [0.15, 0.2) is 0 Å². The molecule has 1 amide bonds. The lowest BCUT2D eigenvalue weighted by Crippen LogP contribution is -2.37. The summed E-state index contributed by atoms with van der Waals surface area (Å²) in [5.41, 5.74) is 11.6. The summed E-state index contributed by atoms with van der Waals surface area (Å²) in [6, 6.07) is 5.95. The van der Waals surface area contributed by atoms with E-state index in [0.29, 0.717) is 6.54 Å². The number of nitrogens with zero attached hydrogens (tertiary/aromatic N) is 1. The van der Waals surface area contributed by atoms with Crippen LogP contribution < -0.4 is 16.0 Å². The Morgan fingerprint density at radius 3 is 2.78 bits per heavy atom. The second-order valence-electron chi connectivity index (χ2n) is 6.16. The smallest absolute Gasteiger partial charge is 0.244 e. The Kier molecular flexibility index (Phi) is 4.31. The van der Waals surface area contributed by atoms with Crippen LogP contribution in [0.25, 0.3) is 0 Å².